The van der Waals surface area contributed by atoms with Gasteiger partial charge in [-0.05, 0) is 30.7 Å². The Morgan fingerprint density at radius 1 is 1.10 bits per heavy atom. The number of rotatable bonds is 2. The van der Waals surface area contributed by atoms with Crippen molar-refractivity contribution in [1.29, 1.82) is 0 Å². The summed E-state index contributed by atoms with van der Waals surface area (Å²) < 4.78 is 6.72. The molecule has 0 aliphatic carbocycles. The number of aromatic nitrogens is 1. The Labute approximate surface area is 117 Å². The number of aryl methyl sites for hydroxylation is 1. The molecule has 1 aromatic carbocycles. The predicted octanol–water partition coefficient (Wildman–Crippen LogP) is 3.70. The quantitative estimate of drug-likeness (QED) is 0.661. The SMILES string of the molecule is COC(=O)c1cc(-c2ccc(C)cc2)c2ccccn12. The van der Waals surface area contributed by atoms with Gasteiger partial charge in [0.05, 0.1) is 12.6 Å². The number of methoxy groups -OCH3 is 1. The Morgan fingerprint density at radius 2 is 1.85 bits per heavy atom. The van der Waals surface area contributed by atoms with Gasteiger partial charge < -0.3 is 9.14 Å². The van der Waals surface area contributed by atoms with Crippen LogP contribution in [0.1, 0.15) is 16.1 Å². The summed E-state index contributed by atoms with van der Waals surface area (Å²) in [4.78, 5) is 11.9. The Balaban J connectivity index is 2.26. The summed E-state index contributed by atoms with van der Waals surface area (Å²) in [5.74, 6) is -0.329. The van der Waals surface area contributed by atoms with Gasteiger partial charge >= 0.3 is 5.97 Å². The smallest absolute Gasteiger partial charge is 0.355 e. The van der Waals surface area contributed by atoms with Crippen LogP contribution in [0.3, 0.4) is 0 Å². The lowest BCUT2D eigenvalue weighted by Gasteiger charge is -2.01. The van der Waals surface area contributed by atoms with E-state index in [0.29, 0.717) is 5.69 Å². The second-order valence-electron chi connectivity index (χ2n) is 4.76. The maximum Gasteiger partial charge on any atom is 0.355 e. The highest BCUT2D eigenvalue weighted by Crippen LogP contribution is 2.28. The molecule has 0 amide bonds. The molecule has 3 heteroatoms. The van der Waals surface area contributed by atoms with Crippen LogP contribution in [0.2, 0.25) is 0 Å². The lowest BCUT2D eigenvalue weighted by Crippen LogP contribution is -2.04. The molecule has 2 aromatic heterocycles. The van der Waals surface area contributed by atoms with E-state index in [9.17, 15) is 4.79 Å². The van der Waals surface area contributed by atoms with Crippen LogP contribution >= 0.6 is 0 Å². The first-order valence-corrected chi connectivity index (χ1v) is 6.46. The summed E-state index contributed by atoms with van der Waals surface area (Å²) >= 11 is 0. The van der Waals surface area contributed by atoms with Crippen molar-refractivity contribution in [3.05, 3.63) is 66.0 Å². The summed E-state index contributed by atoms with van der Waals surface area (Å²) in [5.41, 5.74) is 4.88. The standard InChI is InChI=1S/C17H15NO2/c1-12-6-8-13(9-7-12)14-11-16(17(19)20-2)18-10-4-3-5-15(14)18/h3-11H,1-2H3. The van der Waals surface area contributed by atoms with E-state index in [4.69, 9.17) is 4.74 Å². The monoisotopic (exact) mass is 265 g/mol. The first-order chi connectivity index (χ1) is 9.70. The molecule has 100 valence electrons. The fourth-order valence-electron chi connectivity index (χ4n) is 2.38. The molecular formula is C17H15NO2. The van der Waals surface area contributed by atoms with Crippen LogP contribution in [0.25, 0.3) is 16.6 Å². The van der Waals surface area contributed by atoms with Crippen LogP contribution in [0.15, 0.2) is 54.7 Å². The zero-order chi connectivity index (χ0) is 14.1. The Bertz CT molecular complexity index is 769. The van der Waals surface area contributed by atoms with Gasteiger partial charge in [-0.15, -0.1) is 0 Å². The van der Waals surface area contributed by atoms with E-state index in [1.807, 2.05) is 34.9 Å². The number of carbonyl (C=O) groups is 1. The van der Waals surface area contributed by atoms with Gasteiger partial charge in [-0.25, -0.2) is 4.79 Å². The third-order valence-electron chi connectivity index (χ3n) is 3.43. The van der Waals surface area contributed by atoms with Crippen LogP contribution in [0.5, 0.6) is 0 Å². The van der Waals surface area contributed by atoms with Gasteiger partial charge in [0.2, 0.25) is 0 Å². The van der Waals surface area contributed by atoms with E-state index in [1.165, 1.54) is 12.7 Å². The van der Waals surface area contributed by atoms with E-state index < -0.39 is 0 Å². The Hall–Kier alpha value is -2.55. The topological polar surface area (TPSA) is 30.7 Å². The van der Waals surface area contributed by atoms with E-state index >= 15 is 0 Å². The van der Waals surface area contributed by atoms with Crippen molar-refractivity contribution in [3.8, 4) is 11.1 Å². The normalized spacial score (nSPS) is 10.7. The number of carbonyl (C=O) groups excluding carboxylic acids is 1. The number of benzene rings is 1. The number of nitrogens with zero attached hydrogens (tertiary/aromatic N) is 1. The molecule has 0 spiro atoms. The van der Waals surface area contributed by atoms with Gasteiger partial charge in [-0.1, -0.05) is 35.9 Å². The molecule has 0 saturated carbocycles. The van der Waals surface area contributed by atoms with Crippen LogP contribution in [-0.2, 0) is 4.74 Å². The van der Waals surface area contributed by atoms with Crippen molar-refractivity contribution < 1.29 is 9.53 Å². The Kier molecular flexibility index (Phi) is 3.03. The summed E-state index contributed by atoms with van der Waals surface area (Å²) in [6, 6.07) is 16.0. The maximum absolute atomic E-state index is 11.9. The number of ether oxygens (including phenoxy) is 1. The number of hydrogen-bond donors (Lipinski definition) is 0. The molecule has 0 bridgehead atoms. The van der Waals surface area contributed by atoms with E-state index in [-0.39, 0.29) is 5.97 Å². The second-order valence-corrected chi connectivity index (χ2v) is 4.76. The zero-order valence-electron chi connectivity index (χ0n) is 11.5. The average Bonchev–Trinajstić information content (AvgIpc) is 2.87. The summed E-state index contributed by atoms with van der Waals surface area (Å²) in [6.07, 6.45) is 1.87. The minimum atomic E-state index is -0.329. The van der Waals surface area contributed by atoms with Crippen LogP contribution in [-0.4, -0.2) is 17.5 Å². The highest BCUT2D eigenvalue weighted by atomic mass is 16.5. The highest BCUT2D eigenvalue weighted by molar-refractivity contribution is 5.95. The lowest BCUT2D eigenvalue weighted by molar-refractivity contribution is 0.0593. The van der Waals surface area contributed by atoms with Crippen molar-refractivity contribution in [1.82, 2.24) is 4.40 Å². The fourth-order valence-corrected chi connectivity index (χ4v) is 2.38. The third kappa shape index (κ3) is 1.97. The summed E-state index contributed by atoms with van der Waals surface area (Å²) in [5, 5.41) is 0. The number of pyridine rings is 1. The van der Waals surface area contributed by atoms with Crippen molar-refractivity contribution in [3.63, 3.8) is 0 Å². The fraction of sp³-hybridized carbons (Fsp3) is 0.118. The second kappa shape index (κ2) is 4.85. The molecule has 0 atom stereocenters. The van der Waals surface area contributed by atoms with Gasteiger partial charge in [0.1, 0.15) is 5.69 Å². The van der Waals surface area contributed by atoms with E-state index in [2.05, 4.69) is 31.2 Å². The van der Waals surface area contributed by atoms with Gasteiger partial charge in [0.25, 0.3) is 0 Å². The van der Waals surface area contributed by atoms with Gasteiger partial charge in [-0.3, -0.25) is 0 Å². The molecule has 0 saturated heterocycles. The van der Waals surface area contributed by atoms with Crippen molar-refractivity contribution >= 4 is 11.5 Å². The van der Waals surface area contributed by atoms with Gasteiger partial charge in [0.15, 0.2) is 0 Å². The molecule has 0 unspecified atom stereocenters. The predicted molar refractivity (Wildman–Crippen MR) is 78.9 cm³/mol. The van der Waals surface area contributed by atoms with Crippen LogP contribution < -0.4 is 0 Å². The molecule has 0 aliphatic rings. The molecule has 0 aliphatic heterocycles. The number of esters is 1. The summed E-state index contributed by atoms with van der Waals surface area (Å²) in [7, 11) is 1.40. The van der Waals surface area contributed by atoms with Crippen LogP contribution in [0.4, 0.5) is 0 Å². The molecule has 2 heterocycles. The van der Waals surface area contributed by atoms with Crippen molar-refractivity contribution in [2.45, 2.75) is 6.92 Å². The third-order valence-corrected chi connectivity index (χ3v) is 3.43. The van der Waals surface area contributed by atoms with Crippen LogP contribution in [0, 0.1) is 6.92 Å². The van der Waals surface area contributed by atoms with E-state index in [0.717, 1.165) is 16.6 Å². The first-order valence-electron chi connectivity index (χ1n) is 6.46. The molecule has 20 heavy (non-hydrogen) atoms. The average molecular weight is 265 g/mol. The molecule has 0 radical (unpaired) electrons. The maximum atomic E-state index is 11.9. The molecule has 3 rings (SSSR count). The molecule has 3 nitrogen and oxygen atoms in total. The first kappa shape index (κ1) is 12.5. The molecule has 0 N–H and O–H groups in total. The zero-order valence-corrected chi connectivity index (χ0v) is 11.5. The Morgan fingerprint density at radius 3 is 2.55 bits per heavy atom. The summed E-state index contributed by atoms with van der Waals surface area (Å²) in [6.45, 7) is 2.06. The van der Waals surface area contributed by atoms with Gasteiger partial charge in [-0.2, -0.15) is 0 Å². The van der Waals surface area contributed by atoms with E-state index in [1.54, 1.807) is 0 Å². The number of fused-ring (bicyclic) bond motifs is 1. The number of hydrogen-bond acceptors (Lipinski definition) is 2. The largest absolute Gasteiger partial charge is 0.464 e. The van der Waals surface area contributed by atoms with Gasteiger partial charge in [0, 0.05) is 11.8 Å². The molecular weight excluding hydrogens is 250 g/mol. The van der Waals surface area contributed by atoms with Crippen molar-refractivity contribution in [2.75, 3.05) is 7.11 Å². The molecule has 0 fully saturated rings. The minimum absolute atomic E-state index is 0.329. The highest BCUT2D eigenvalue weighted by Gasteiger charge is 2.16. The molecule has 3 aromatic rings. The lowest BCUT2D eigenvalue weighted by atomic mass is 10.1. The van der Waals surface area contributed by atoms with Crippen molar-refractivity contribution in [2.24, 2.45) is 0 Å². The minimum Gasteiger partial charge on any atom is -0.464 e.